The van der Waals surface area contributed by atoms with Crippen molar-refractivity contribution >= 4 is 34.0 Å². The maximum atomic E-state index is 12.6. The molecular formula is C26H25BrN2O5. The largest absolute Gasteiger partial charge is 0.494 e. The van der Waals surface area contributed by atoms with E-state index >= 15 is 0 Å². The number of halogens is 1. The van der Waals surface area contributed by atoms with Crippen LogP contribution in [0.4, 0.5) is 0 Å². The molecule has 0 aliphatic heterocycles. The number of benzene rings is 3. The van der Waals surface area contributed by atoms with E-state index in [-0.39, 0.29) is 11.7 Å². The van der Waals surface area contributed by atoms with E-state index in [0.29, 0.717) is 45.9 Å². The van der Waals surface area contributed by atoms with Crippen LogP contribution in [0.2, 0.25) is 0 Å². The standard InChI is InChI=1S/C26H25BrN2O5/c1-3-15-33-20-12-10-19(11-13-20)26(31)34-23-14-9-18(16-24(23)32-4-2)17-28-29-25(30)21-7-5-6-8-22(21)27/h5-14,16-17H,3-4,15H2,1-2H3,(H,29,30)/b28-17+. The molecule has 0 saturated heterocycles. The van der Waals surface area contributed by atoms with Gasteiger partial charge in [-0.2, -0.15) is 5.10 Å². The van der Waals surface area contributed by atoms with Crippen molar-refractivity contribution in [1.82, 2.24) is 5.43 Å². The van der Waals surface area contributed by atoms with Gasteiger partial charge in [0.05, 0.1) is 30.6 Å². The Kier molecular flexibility index (Phi) is 9.22. The fraction of sp³-hybridized carbons (Fsp3) is 0.192. The van der Waals surface area contributed by atoms with Gasteiger partial charge in [0.1, 0.15) is 5.75 Å². The fourth-order valence-electron chi connectivity index (χ4n) is 2.89. The zero-order valence-electron chi connectivity index (χ0n) is 18.9. The first-order valence-electron chi connectivity index (χ1n) is 10.8. The number of ether oxygens (including phenoxy) is 3. The van der Waals surface area contributed by atoms with E-state index in [9.17, 15) is 9.59 Å². The van der Waals surface area contributed by atoms with Crippen molar-refractivity contribution in [2.24, 2.45) is 5.10 Å². The normalized spacial score (nSPS) is 10.7. The van der Waals surface area contributed by atoms with Crippen molar-refractivity contribution in [3.05, 3.63) is 87.9 Å². The maximum absolute atomic E-state index is 12.6. The Balaban J connectivity index is 1.67. The summed E-state index contributed by atoms with van der Waals surface area (Å²) >= 11 is 3.34. The second-order valence-electron chi connectivity index (χ2n) is 7.08. The second kappa shape index (κ2) is 12.6. The summed E-state index contributed by atoms with van der Waals surface area (Å²) in [7, 11) is 0. The van der Waals surface area contributed by atoms with E-state index in [2.05, 4.69) is 26.5 Å². The molecule has 0 spiro atoms. The molecule has 3 aromatic rings. The van der Waals surface area contributed by atoms with Gasteiger partial charge in [0.25, 0.3) is 5.91 Å². The van der Waals surface area contributed by atoms with E-state index in [4.69, 9.17) is 14.2 Å². The molecular weight excluding hydrogens is 500 g/mol. The first kappa shape index (κ1) is 25.0. The SMILES string of the molecule is CCCOc1ccc(C(=O)Oc2ccc(/C=N/NC(=O)c3ccccc3Br)cc2OCC)cc1. The Morgan fingerprint density at radius 1 is 0.971 bits per heavy atom. The van der Waals surface area contributed by atoms with Gasteiger partial charge in [-0.3, -0.25) is 4.79 Å². The van der Waals surface area contributed by atoms with Crippen molar-refractivity contribution in [3.63, 3.8) is 0 Å². The van der Waals surface area contributed by atoms with Crippen LogP contribution in [0.3, 0.4) is 0 Å². The summed E-state index contributed by atoms with van der Waals surface area (Å²) in [5, 5.41) is 4.01. The van der Waals surface area contributed by atoms with Gasteiger partial charge in [-0.05, 0) is 89.4 Å². The molecule has 0 atom stereocenters. The van der Waals surface area contributed by atoms with Gasteiger partial charge in [-0.25, -0.2) is 10.2 Å². The number of hydrogen-bond donors (Lipinski definition) is 1. The lowest BCUT2D eigenvalue weighted by molar-refractivity contribution is 0.0728. The molecule has 0 aliphatic rings. The molecule has 7 nitrogen and oxygen atoms in total. The van der Waals surface area contributed by atoms with E-state index < -0.39 is 5.97 Å². The summed E-state index contributed by atoms with van der Waals surface area (Å²) in [5.41, 5.74) is 4.02. The molecule has 0 aromatic heterocycles. The van der Waals surface area contributed by atoms with E-state index in [0.717, 1.165) is 6.42 Å². The van der Waals surface area contributed by atoms with Crippen LogP contribution in [0.25, 0.3) is 0 Å². The van der Waals surface area contributed by atoms with Gasteiger partial charge in [0.15, 0.2) is 11.5 Å². The highest BCUT2D eigenvalue weighted by Gasteiger charge is 2.14. The van der Waals surface area contributed by atoms with Crippen LogP contribution in [0, 0.1) is 0 Å². The fourth-order valence-corrected chi connectivity index (χ4v) is 3.36. The van der Waals surface area contributed by atoms with Crippen LogP contribution >= 0.6 is 15.9 Å². The number of rotatable bonds is 10. The number of hydrazone groups is 1. The highest BCUT2D eigenvalue weighted by molar-refractivity contribution is 9.10. The van der Waals surface area contributed by atoms with Gasteiger partial charge in [0, 0.05) is 4.47 Å². The zero-order valence-corrected chi connectivity index (χ0v) is 20.5. The molecule has 0 saturated carbocycles. The minimum atomic E-state index is -0.509. The number of amides is 1. The number of nitrogens with zero attached hydrogens (tertiary/aromatic N) is 1. The summed E-state index contributed by atoms with van der Waals surface area (Å²) in [4.78, 5) is 24.9. The maximum Gasteiger partial charge on any atom is 0.343 e. The van der Waals surface area contributed by atoms with Crippen LogP contribution in [0.15, 0.2) is 76.3 Å². The summed E-state index contributed by atoms with van der Waals surface area (Å²) in [6.45, 7) is 4.86. The molecule has 3 rings (SSSR count). The molecule has 0 bridgehead atoms. The average Bonchev–Trinajstić information content (AvgIpc) is 2.85. The molecule has 0 aliphatic carbocycles. The molecule has 34 heavy (non-hydrogen) atoms. The van der Waals surface area contributed by atoms with Gasteiger partial charge in [-0.1, -0.05) is 19.1 Å². The van der Waals surface area contributed by atoms with Crippen molar-refractivity contribution < 1.29 is 23.8 Å². The Bertz CT molecular complexity index is 1160. The first-order valence-corrected chi connectivity index (χ1v) is 11.6. The molecule has 1 amide bonds. The van der Waals surface area contributed by atoms with Crippen molar-refractivity contribution in [2.75, 3.05) is 13.2 Å². The van der Waals surface area contributed by atoms with Crippen molar-refractivity contribution in [1.29, 1.82) is 0 Å². The molecule has 0 radical (unpaired) electrons. The number of carbonyl (C=O) groups is 2. The first-order chi connectivity index (χ1) is 16.5. The average molecular weight is 525 g/mol. The zero-order chi connectivity index (χ0) is 24.3. The highest BCUT2D eigenvalue weighted by Crippen LogP contribution is 2.29. The third-order valence-electron chi connectivity index (χ3n) is 4.53. The van der Waals surface area contributed by atoms with E-state index in [1.807, 2.05) is 19.9 Å². The highest BCUT2D eigenvalue weighted by atomic mass is 79.9. The summed E-state index contributed by atoms with van der Waals surface area (Å²) in [5.74, 6) is 0.520. The van der Waals surface area contributed by atoms with Crippen LogP contribution < -0.4 is 19.6 Å². The van der Waals surface area contributed by atoms with Gasteiger partial charge < -0.3 is 14.2 Å². The van der Waals surface area contributed by atoms with Gasteiger partial charge in [0.2, 0.25) is 0 Å². The minimum absolute atomic E-state index is 0.285. The number of carbonyl (C=O) groups excluding carboxylic acids is 2. The van der Waals surface area contributed by atoms with E-state index in [1.165, 1.54) is 6.21 Å². The lowest BCUT2D eigenvalue weighted by atomic mass is 10.2. The van der Waals surface area contributed by atoms with Crippen LogP contribution in [-0.2, 0) is 0 Å². The number of esters is 1. The predicted octanol–water partition coefficient (Wildman–Crippen LogP) is 5.62. The smallest absolute Gasteiger partial charge is 0.343 e. The quantitative estimate of drug-likeness (QED) is 0.161. The third kappa shape index (κ3) is 6.92. The Hall–Kier alpha value is -3.65. The summed E-state index contributed by atoms with van der Waals surface area (Å²) < 4.78 is 17.4. The van der Waals surface area contributed by atoms with Crippen molar-refractivity contribution in [2.45, 2.75) is 20.3 Å². The molecule has 8 heteroatoms. The molecule has 0 heterocycles. The lowest BCUT2D eigenvalue weighted by Crippen LogP contribution is -2.18. The molecule has 0 fully saturated rings. The van der Waals surface area contributed by atoms with Crippen LogP contribution in [-0.4, -0.2) is 31.3 Å². The molecule has 176 valence electrons. The van der Waals surface area contributed by atoms with Crippen LogP contribution in [0.1, 0.15) is 46.5 Å². The molecule has 1 N–H and O–H groups in total. The minimum Gasteiger partial charge on any atom is -0.494 e. The Morgan fingerprint density at radius 2 is 1.74 bits per heavy atom. The van der Waals surface area contributed by atoms with Gasteiger partial charge >= 0.3 is 5.97 Å². The molecule has 3 aromatic carbocycles. The Morgan fingerprint density at radius 3 is 2.44 bits per heavy atom. The van der Waals surface area contributed by atoms with E-state index in [1.54, 1.807) is 60.7 Å². The van der Waals surface area contributed by atoms with Gasteiger partial charge in [-0.15, -0.1) is 0 Å². The summed E-state index contributed by atoms with van der Waals surface area (Å²) in [6, 6.07) is 18.9. The second-order valence-corrected chi connectivity index (χ2v) is 7.93. The Labute approximate surface area is 206 Å². The number of hydrogen-bond acceptors (Lipinski definition) is 6. The lowest BCUT2D eigenvalue weighted by Gasteiger charge is -2.12. The van der Waals surface area contributed by atoms with Crippen LogP contribution in [0.5, 0.6) is 17.2 Å². The monoisotopic (exact) mass is 524 g/mol. The van der Waals surface area contributed by atoms with Crippen molar-refractivity contribution in [3.8, 4) is 17.2 Å². The third-order valence-corrected chi connectivity index (χ3v) is 5.22. The molecule has 0 unspecified atom stereocenters. The topological polar surface area (TPSA) is 86.2 Å². The summed E-state index contributed by atoms with van der Waals surface area (Å²) in [6.07, 6.45) is 2.39. The predicted molar refractivity (Wildman–Crippen MR) is 134 cm³/mol. The number of nitrogens with one attached hydrogen (secondary N) is 1.